The first-order valence-electron chi connectivity index (χ1n) is 3.50. The molecule has 0 radical (unpaired) electrons. The first-order chi connectivity index (χ1) is 4.75. The Bertz CT molecular complexity index is 162. The van der Waals surface area contributed by atoms with Gasteiger partial charge in [0.1, 0.15) is 0 Å². The minimum absolute atomic E-state index is 0.306. The van der Waals surface area contributed by atoms with Crippen LogP contribution < -0.4 is 0 Å². The lowest BCUT2D eigenvalue weighted by atomic mass is 10.1. The quantitative estimate of drug-likeness (QED) is 0.720. The molecule has 66 valence electrons. The summed E-state index contributed by atoms with van der Waals surface area (Å²) in [6, 6.07) is 0. The van der Waals surface area contributed by atoms with Crippen LogP contribution in [-0.4, -0.2) is 13.4 Å². The number of alkyl halides is 3. The van der Waals surface area contributed by atoms with Gasteiger partial charge in [-0.1, -0.05) is 61.6 Å². The number of hydrogen-bond acceptors (Lipinski definition) is 1. The van der Waals surface area contributed by atoms with Gasteiger partial charge in [0.05, 0.1) is 6.10 Å². The first kappa shape index (κ1) is 10.5. The van der Waals surface area contributed by atoms with Crippen LogP contribution in [0.5, 0.6) is 0 Å². The lowest BCUT2D eigenvalue weighted by Crippen LogP contribution is -2.27. The van der Waals surface area contributed by atoms with Gasteiger partial charge in [-0.2, -0.15) is 0 Å². The predicted octanol–water partition coefficient (Wildman–Crippen LogP) is 3.23. The molecule has 0 aromatic rings. The van der Waals surface area contributed by atoms with E-state index in [1.165, 1.54) is 0 Å². The van der Waals surface area contributed by atoms with Gasteiger partial charge in [0.2, 0.25) is 0 Å². The monoisotopic (exact) mass is 348 g/mol. The van der Waals surface area contributed by atoms with Gasteiger partial charge in [0, 0.05) is 0 Å². The van der Waals surface area contributed by atoms with Gasteiger partial charge >= 0.3 is 0 Å². The number of hydrogen-bond donors (Lipinski definition) is 1. The predicted molar refractivity (Wildman–Crippen MR) is 57.4 cm³/mol. The summed E-state index contributed by atoms with van der Waals surface area (Å²) in [6.45, 7) is 4.33. The van der Waals surface area contributed by atoms with Gasteiger partial charge in [-0.25, -0.2) is 0 Å². The molecule has 0 bridgehead atoms. The maximum absolute atomic E-state index is 9.72. The van der Waals surface area contributed by atoms with Crippen molar-refractivity contribution < 1.29 is 5.11 Å². The lowest BCUT2D eigenvalue weighted by molar-refractivity contribution is 0.150. The third-order valence-electron chi connectivity index (χ3n) is 2.31. The van der Waals surface area contributed by atoms with Crippen LogP contribution in [0.4, 0.5) is 0 Å². The van der Waals surface area contributed by atoms with Crippen molar-refractivity contribution in [2.75, 3.05) is 0 Å². The molecule has 1 saturated carbocycles. The molecule has 0 spiro atoms. The van der Waals surface area contributed by atoms with Crippen molar-refractivity contribution in [1.29, 1.82) is 0 Å². The van der Waals surface area contributed by atoms with Gasteiger partial charge in [0.15, 0.2) is 2.14 Å². The zero-order chi connectivity index (χ0) is 8.86. The Balaban J connectivity index is 2.52. The summed E-state index contributed by atoms with van der Waals surface area (Å²) in [5, 5.41) is 9.72. The molecule has 1 N–H and O–H groups in total. The summed E-state index contributed by atoms with van der Waals surface area (Å²) in [4.78, 5) is 0. The Labute approximate surface area is 92.3 Å². The molecule has 0 saturated heterocycles. The van der Waals surface area contributed by atoms with Crippen LogP contribution in [0.25, 0.3) is 0 Å². The maximum atomic E-state index is 9.72. The normalized spacial score (nSPS) is 31.6. The Morgan fingerprint density at radius 3 is 1.91 bits per heavy atom. The Hall–Kier alpha value is 1.40. The summed E-state index contributed by atoms with van der Waals surface area (Å²) < 4.78 is -0.508. The molecule has 0 heterocycles. The van der Waals surface area contributed by atoms with E-state index in [0.29, 0.717) is 11.3 Å². The van der Waals surface area contributed by atoms with E-state index >= 15 is 0 Å². The van der Waals surface area contributed by atoms with Crippen LogP contribution in [0, 0.1) is 11.3 Å². The highest BCUT2D eigenvalue weighted by Crippen LogP contribution is 2.58. The summed E-state index contributed by atoms with van der Waals surface area (Å²) >= 11 is 9.96. The lowest BCUT2D eigenvalue weighted by Gasteiger charge is -2.21. The molecule has 2 atom stereocenters. The molecule has 1 unspecified atom stereocenters. The first-order valence-corrected chi connectivity index (χ1v) is 5.88. The third-order valence-corrected chi connectivity index (χ3v) is 3.71. The van der Waals surface area contributed by atoms with Crippen molar-refractivity contribution in [1.82, 2.24) is 0 Å². The van der Waals surface area contributed by atoms with E-state index in [4.69, 9.17) is 0 Å². The maximum Gasteiger partial charge on any atom is 0.160 e. The standard InChI is InChI=1S/C7H11Br3O/c1-6(2)3-4(6)5(11)7(8,9)10/h4-5,11H,3H2,1-2H3/t4?,5-/m1/s1. The fourth-order valence-electron chi connectivity index (χ4n) is 1.27. The smallest absolute Gasteiger partial charge is 0.160 e. The minimum Gasteiger partial charge on any atom is -0.390 e. The van der Waals surface area contributed by atoms with E-state index in [0.717, 1.165) is 6.42 Å². The molecule has 1 nitrogen and oxygen atoms in total. The molecular weight excluding hydrogens is 340 g/mol. The van der Waals surface area contributed by atoms with Crippen LogP contribution in [0.2, 0.25) is 0 Å². The minimum atomic E-state index is -0.508. The SMILES string of the molecule is CC1(C)CC1[C@@H](O)C(Br)(Br)Br. The van der Waals surface area contributed by atoms with Crippen LogP contribution in [-0.2, 0) is 0 Å². The van der Waals surface area contributed by atoms with Crippen molar-refractivity contribution in [2.45, 2.75) is 28.5 Å². The van der Waals surface area contributed by atoms with Gasteiger partial charge in [-0.15, -0.1) is 0 Å². The molecule has 0 amide bonds. The Kier molecular flexibility index (Phi) is 2.82. The van der Waals surface area contributed by atoms with Crippen LogP contribution in [0.1, 0.15) is 20.3 Å². The van der Waals surface area contributed by atoms with Gasteiger partial charge in [-0.05, 0) is 17.8 Å². The molecular formula is C7H11Br3O. The molecule has 1 aliphatic carbocycles. The molecule has 0 aromatic carbocycles. The van der Waals surface area contributed by atoms with Crippen LogP contribution >= 0.6 is 47.8 Å². The highest BCUT2D eigenvalue weighted by Gasteiger charge is 2.54. The Morgan fingerprint density at radius 1 is 1.45 bits per heavy atom. The summed E-state index contributed by atoms with van der Waals surface area (Å²) in [5.41, 5.74) is 0.306. The second kappa shape index (κ2) is 2.96. The molecule has 0 aliphatic heterocycles. The van der Waals surface area contributed by atoms with E-state index in [2.05, 4.69) is 61.6 Å². The molecule has 11 heavy (non-hydrogen) atoms. The van der Waals surface area contributed by atoms with E-state index in [1.54, 1.807) is 0 Å². The number of aliphatic hydroxyl groups is 1. The van der Waals surface area contributed by atoms with Gasteiger partial charge in [-0.3, -0.25) is 0 Å². The van der Waals surface area contributed by atoms with E-state index in [1.807, 2.05) is 0 Å². The number of halogens is 3. The van der Waals surface area contributed by atoms with Gasteiger partial charge < -0.3 is 5.11 Å². The fourth-order valence-corrected chi connectivity index (χ4v) is 2.23. The second-order valence-electron chi connectivity index (χ2n) is 3.79. The number of aliphatic hydroxyl groups excluding tert-OH is 1. The highest BCUT2D eigenvalue weighted by atomic mass is 80.0. The zero-order valence-electron chi connectivity index (χ0n) is 6.44. The molecule has 4 heteroatoms. The van der Waals surface area contributed by atoms with Crippen molar-refractivity contribution in [3.8, 4) is 0 Å². The largest absolute Gasteiger partial charge is 0.390 e. The molecule has 1 fully saturated rings. The van der Waals surface area contributed by atoms with Crippen molar-refractivity contribution in [3.05, 3.63) is 0 Å². The van der Waals surface area contributed by atoms with Crippen molar-refractivity contribution in [3.63, 3.8) is 0 Å². The van der Waals surface area contributed by atoms with E-state index in [-0.39, 0.29) is 6.10 Å². The van der Waals surface area contributed by atoms with E-state index < -0.39 is 2.14 Å². The third kappa shape index (κ3) is 2.42. The van der Waals surface area contributed by atoms with E-state index in [9.17, 15) is 5.11 Å². The fraction of sp³-hybridized carbons (Fsp3) is 1.00. The molecule has 1 rings (SSSR count). The molecule has 1 aliphatic rings. The van der Waals surface area contributed by atoms with Crippen molar-refractivity contribution >= 4 is 47.8 Å². The second-order valence-corrected chi connectivity index (χ2v) is 10.7. The number of rotatable bonds is 1. The van der Waals surface area contributed by atoms with Crippen molar-refractivity contribution in [2.24, 2.45) is 11.3 Å². The average Bonchev–Trinajstić information content (AvgIpc) is 2.36. The topological polar surface area (TPSA) is 20.2 Å². The Morgan fingerprint density at radius 2 is 1.82 bits per heavy atom. The molecule has 0 aromatic heterocycles. The van der Waals surface area contributed by atoms with Gasteiger partial charge in [0.25, 0.3) is 0 Å². The summed E-state index contributed by atoms with van der Waals surface area (Å²) in [5.74, 6) is 0.389. The summed E-state index contributed by atoms with van der Waals surface area (Å²) in [6.07, 6.45) is 0.719. The van der Waals surface area contributed by atoms with Crippen LogP contribution in [0.3, 0.4) is 0 Å². The zero-order valence-corrected chi connectivity index (χ0v) is 11.2. The summed E-state index contributed by atoms with van der Waals surface area (Å²) in [7, 11) is 0. The van der Waals surface area contributed by atoms with Crippen LogP contribution in [0.15, 0.2) is 0 Å². The highest BCUT2D eigenvalue weighted by molar-refractivity contribution is 9.39. The average molecular weight is 351 g/mol.